The average molecular weight is 338 g/mol. The van der Waals surface area contributed by atoms with Crippen LogP contribution < -0.4 is 0 Å². The number of phenolic OH excluding ortho intramolecular Hbond substituents is 1. The molecule has 0 fully saturated rings. The second-order valence-corrected chi connectivity index (χ2v) is 7.19. The summed E-state index contributed by atoms with van der Waals surface area (Å²) in [5.74, 6) is 0.636. The third kappa shape index (κ3) is 4.66. The van der Waals surface area contributed by atoms with Gasteiger partial charge in [0.25, 0.3) is 0 Å². The van der Waals surface area contributed by atoms with Crippen molar-refractivity contribution in [3.05, 3.63) is 71.0 Å². The molecule has 25 heavy (non-hydrogen) atoms. The number of aryl methyl sites for hydroxylation is 1. The number of benzene rings is 1. The molecule has 0 amide bonds. The Labute approximate surface area is 151 Å². The first-order chi connectivity index (χ1) is 11.9. The number of phenols is 1. The van der Waals surface area contributed by atoms with Crippen LogP contribution in [0.2, 0.25) is 0 Å². The zero-order valence-corrected chi connectivity index (χ0v) is 15.8. The molecule has 0 aromatic heterocycles. The van der Waals surface area contributed by atoms with Gasteiger partial charge in [-0.2, -0.15) is 0 Å². The van der Waals surface area contributed by atoms with Gasteiger partial charge in [0, 0.05) is 0 Å². The number of aliphatic hydroxyl groups excluding tert-OH is 1. The minimum atomic E-state index is 0.0943. The van der Waals surface area contributed by atoms with Gasteiger partial charge in [0.2, 0.25) is 0 Å². The molecule has 2 rings (SSSR count). The summed E-state index contributed by atoms with van der Waals surface area (Å²) in [6.07, 6.45) is 13.8. The highest BCUT2D eigenvalue weighted by Gasteiger charge is 2.34. The Balaban J connectivity index is 2.30. The maximum atomic E-state index is 9.78. The molecule has 0 saturated heterocycles. The number of hydrogen-bond donors (Lipinski definition) is 2. The quantitative estimate of drug-likeness (QED) is 0.475. The van der Waals surface area contributed by atoms with Gasteiger partial charge in [-0.05, 0) is 85.9 Å². The van der Waals surface area contributed by atoms with E-state index in [1.807, 2.05) is 19.1 Å². The van der Waals surface area contributed by atoms with Gasteiger partial charge >= 0.3 is 0 Å². The summed E-state index contributed by atoms with van der Waals surface area (Å²) in [4.78, 5) is 0. The molecular formula is C23H30O2. The second-order valence-electron chi connectivity index (χ2n) is 7.19. The van der Waals surface area contributed by atoms with Crippen molar-refractivity contribution >= 4 is 5.57 Å². The first-order valence-corrected chi connectivity index (χ1v) is 9.11. The van der Waals surface area contributed by atoms with Crippen molar-refractivity contribution in [2.75, 3.05) is 0 Å². The lowest BCUT2D eigenvalue weighted by Crippen LogP contribution is -2.25. The number of rotatable bonds is 5. The summed E-state index contributed by atoms with van der Waals surface area (Å²) < 4.78 is 0. The fourth-order valence-corrected chi connectivity index (χ4v) is 3.75. The van der Waals surface area contributed by atoms with Crippen LogP contribution in [-0.4, -0.2) is 10.2 Å². The summed E-state index contributed by atoms with van der Waals surface area (Å²) in [5.41, 5.74) is 5.31. The van der Waals surface area contributed by atoms with Crippen LogP contribution in [0.25, 0.3) is 5.57 Å². The summed E-state index contributed by atoms with van der Waals surface area (Å²) >= 11 is 0. The molecule has 0 saturated carbocycles. The molecule has 2 nitrogen and oxygen atoms in total. The fraction of sp³-hybridized carbons (Fsp3) is 0.391. The Kier molecular flexibility index (Phi) is 6.30. The van der Waals surface area contributed by atoms with E-state index in [0.717, 1.165) is 25.7 Å². The van der Waals surface area contributed by atoms with Crippen molar-refractivity contribution in [1.29, 1.82) is 0 Å². The molecular weight excluding hydrogens is 308 g/mol. The van der Waals surface area contributed by atoms with Crippen molar-refractivity contribution in [3.8, 4) is 5.75 Å². The van der Waals surface area contributed by atoms with E-state index in [1.165, 1.54) is 22.3 Å². The van der Waals surface area contributed by atoms with E-state index < -0.39 is 0 Å². The van der Waals surface area contributed by atoms with Crippen LogP contribution in [0.15, 0.2) is 59.9 Å². The zero-order chi connectivity index (χ0) is 18.4. The molecule has 0 spiro atoms. The molecule has 0 radical (unpaired) electrons. The number of aromatic hydroxyl groups is 1. The first kappa shape index (κ1) is 19.1. The van der Waals surface area contributed by atoms with Crippen molar-refractivity contribution in [2.24, 2.45) is 5.41 Å². The monoisotopic (exact) mass is 338 g/mol. The van der Waals surface area contributed by atoms with E-state index in [4.69, 9.17) is 0 Å². The van der Waals surface area contributed by atoms with Gasteiger partial charge in [-0.25, -0.2) is 0 Å². The summed E-state index contributed by atoms with van der Waals surface area (Å²) in [6.45, 7) is 8.48. The highest BCUT2D eigenvalue weighted by molar-refractivity contribution is 5.75. The Morgan fingerprint density at radius 3 is 2.76 bits per heavy atom. The van der Waals surface area contributed by atoms with E-state index in [1.54, 1.807) is 18.2 Å². The maximum Gasteiger partial charge on any atom is 0.115 e. The third-order valence-electron chi connectivity index (χ3n) is 5.00. The van der Waals surface area contributed by atoms with Gasteiger partial charge in [-0.3, -0.25) is 0 Å². The second kappa shape index (κ2) is 8.24. The minimum Gasteiger partial charge on any atom is -0.508 e. The number of aliphatic hydroxyl groups is 1. The number of hydrogen-bond acceptors (Lipinski definition) is 2. The number of fused-ring (bicyclic) bond motifs is 1. The Morgan fingerprint density at radius 1 is 1.32 bits per heavy atom. The topological polar surface area (TPSA) is 40.5 Å². The molecule has 1 aromatic carbocycles. The molecule has 1 unspecified atom stereocenters. The predicted octanol–water partition coefficient (Wildman–Crippen LogP) is 6.49. The third-order valence-corrected chi connectivity index (χ3v) is 5.00. The highest BCUT2D eigenvalue weighted by atomic mass is 16.3. The molecule has 1 aliphatic carbocycles. The van der Waals surface area contributed by atoms with Crippen LogP contribution in [0.5, 0.6) is 5.75 Å². The molecule has 0 aliphatic heterocycles. The molecule has 134 valence electrons. The Hall–Kier alpha value is -2.22. The van der Waals surface area contributed by atoms with Crippen LogP contribution in [0.4, 0.5) is 0 Å². The van der Waals surface area contributed by atoms with Gasteiger partial charge in [0.15, 0.2) is 0 Å². The van der Waals surface area contributed by atoms with Crippen molar-refractivity contribution in [2.45, 2.75) is 53.4 Å². The highest BCUT2D eigenvalue weighted by Crippen LogP contribution is 2.49. The van der Waals surface area contributed by atoms with Crippen molar-refractivity contribution < 1.29 is 10.2 Å². The van der Waals surface area contributed by atoms with Gasteiger partial charge in [-0.15, -0.1) is 0 Å². The number of allylic oxidation sites excluding steroid dienone is 7. The van der Waals surface area contributed by atoms with Gasteiger partial charge in [0.05, 0.1) is 0 Å². The maximum absolute atomic E-state index is 9.78. The summed E-state index contributed by atoms with van der Waals surface area (Å²) in [5, 5.41) is 19.3. The largest absolute Gasteiger partial charge is 0.508 e. The van der Waals surface area contributed by atoms with Crippen molar-refractivity contribution in [3.63, 3.8) is 0 Å². The smallest absolute Gasteiger partial charge is 0.115 e. The molecule has 0 heterocycles. The van der Waals surface area contributed by atoms with Gasteiger partial charge < -0.3 is 10.2 Å². The molecule has 0 bridgehead atoms. The summed E-state index contributed by atoms with van der Waals surface area (Å²) in [6, 6.07) is 5.76. The molecule has 2 heteroatoms. The minimum absolute atomic E-state index is 0.0943. The zero-order valence-electron chi connectivity index (χ0n) is 15.8. The molecule has 1 aromatic rings. The van der Waals surface area contributed by atoms with Gasteiger partial charge in [-0.1, -0.05) is 43.7 Å². The molecule has 2 N–H and O–H groups in total. The lowest BCUT2D eigenvalue weighted by Gasteiger charge is -2.38. The molecule has 1 aliphatic rings. The van der Waals surface area contributed by atoms with E-state index >= 15 is 0 Å². The van der Waals surface area contributed by atoms with Crippen LogP contribution in [0.1, 0.15) is 58.1 Å². The van der Waals surface area contributed by atoms with Crippen LogP contribution in [-0.2, 0) is 6.42 Å². The normalized spacial score (nSPS) is 23.3. The standard InChI is InChI=1S/C23H30O2/c1-5-8-22-21-12-11-20(25)15-18(21)13-14-23(22,4)16-17(3)9-7-10-19(24)6-2/h6-12,15,24-25H,5,13-14,16H2,1-4H3/b10-7-,17-9+,19-6+,22-8-. The summed E-state index contributed by atoms with van der Waals surface area (Å²) in [7, 11) is 0. The predicted molar refractivity (Wildman–Crippen MR) is 107 cm³/mol. The van der Waals surface area contributed by atoms with Crippen LogP contribution in [0.3, 0.4) is 0 Å². The fourth-order valence-electron chi connectivity index (χ4n) is 3.75. The lowest BCUT2D eigenvalue weighted by atomic mass is 9.66. The Bertz CT molecular complexity index is 734. The van der Waals surface area contributed by atoms with E-state index in [-0.39, 0.29) is 11.2 Å². The van der Waals surface area contributed by atoms with E-state index in [0.29, 0.717) is 5.75 Å². The van der Waals surface area contributed by atoms with Crippen molar-refractivity contribution in [1.82, 2.24) is 0 Å². The molecule has 1 atom stereocenters. The van der Waals surface area contributed by atoms with Gasteiger partial charge in [0.1, 0.15) is 11.5 Å². The van der Waals surface area contributed by atoms with E-state index in [9.17, 15) is 10.2 Å². The first-order valence-electron chi connectivity index (χ1n) is 9.11. The van der Waals surface area contributed by atoms with Crippen LogP contribution in [0, 0.1) is 5.41 Å². The van der Waals surface area contributed by atoms with E-state index in [2.05, 4.69) is 39.0 Å². The average Bonchev–Trinajstić information content (AvgIpc) is 2.57. The Morgan fingerprint density at radius 2 is 2.08 bits per heavy atom. The lowest BCUT2D eigenvalue weighted by molar-refractivity contribution is 0.392. The SMILES string of the molecule is C\C=C(O)/C=C\C=C(/C)CC1(C)CCc2cc(O)ccc2/C1=C/CC. The van der Waals surface area contributed by atoms with Crippen LogP contribution >= 0.6 is 0 Å².